The van der Waals surface area contributed by atoms with Gasteiger partial charge in [-0.1, -0.05) is 0 Å². The third-order valence-electron chi connectivity index (χ3n) is 5.70. The van der Waals surface area contributed by atoms with Gasteiger partial charge in [-0.05, 0) is 44.4 Å². The van der Waals surface area contributed by atoms with E-state index in [-0.39, 0.29) is 5.91 Å². The highest BCUT2D eigenvalue weighted by Gasteiger charge is 2.52. The van der Waals surface area contributed by atoms with Crippen molar-refractivity contribution in [2.45, 2.75) is 56.1 Å². The zero-order valence-electron chi connectivity index (χ0n) is 12.9. The Balaban J connectivity index is 1.40. The van der Waals surface area contributed by atoms with Crippen LogP contribution in [0.5, 0.6) is 0 Å². The van der Waals surface area contributed by atoms with E-state index in [0.29, 0.717) is 12.0 Å². The maximum Gasteiger partial charge on any atom is 0.239 e. The molecule has 4 rings (SSSR count). The van der Waals surface area contributed by atoms with Gasteiger partial charge in [0, 0.05) is 44.8 Å². The van der Waals surface area contributed by atoms with Crippen LogP contribution in [-0.4, -0.2) is 66.1 Å². The van der Waals surface area contributed by atoms with Crippen LogP contribution in [0.4, 0.5) is 0 Å². The fourth-order valence-corrected chi connectivity index (χ4v) is 3.89. The molecule has 1 unspecified atom stereocenters. The van der Waals surface area contributed by atoms with Crippen LogP contribution in [0.3, 0.4) is 0 Å². The summed E-state index contributed by atoms with van der Waals surface area (Å²) in [6, 6.07) is 1.40. The third kappa shape index (κ3) is 2.96. The second-order valence-electron chi connectivity index (χ2n) is 7.57. The number of nitrogens with zero attached hydrogens (tertiary/aromatic N) is 2. The van der Waals surface area contributed by atoms with E-state index in [9.17, 15) is 4.79 Å². The van der Waals surface area contributed by atoms with Gasteiger partial charge < -0.3 is 5.73 Å². The second kappa shape index (κ2) is 5.21. The van der Waals surface area contributed by atoms with Gasteiger partial charge >= 0.3 is 0 Å². The van der Waals surface area contributed by atoms with Crippen molar-refractivity contribution in [1.82, 2.24) is 15.1 Å². The highest BCUT2D eigenvalue weighted by atomic mass is 16.1. The quantitative estimate of drug-likeness (QED) is 0.701. The van der Waals surface area contributed by atoms with Gasteiger partial charge in [-0.15, -0.1) is 0 Å². The summed E-state index contributed by atoms with van der Waals surface area (Å²) in [6.45, 7) is 5.32. The maximum absolute atomic E-state index is 12.2. The van der Waals surface area contributed by atoms with Crippen molar-refractivity contribution in [2.75, 3.05) is 32.7 Å². The predicted octanol–water partition coefficient (Wildman–Crippen LogP) is 0.153. The molecular weight excluding hydrogens is 264 g/mol. The van der Waals surface area contributed by atoms with Crippen LogP contribution in [0.1, 0.15) is 38.5 Å². The van der Waals surface area contributed by atoms with E-state index in [1.165, 1.54) is 25.7 Å². The number of carbonyl (C=O) groups is 1. The van der Waals surface area contributed by atoms with Gasteiger partial charge in [0.1, 0.15) is 5.54 Å². The van der Waals surface area contributed by atoms with Crippen LogP contribution in [0.2, 0.25) is 0 Å². The molecule has 1 atom stereocenters. The highest BCUT2D eigenvalue weighted by molar-refractivity contribution is 5.86. The first-order valence-corrected chi connectivity index (χ1v) is 8.71. The van der Waals surface area contributed by atoms with Crippen molar-refractivity contribution in [1.29, 1.82) is 0 Å². The normalized spacial score (nSPS) is 31.0. The molecule has 5 nitrogen and oxygen atoms in total. The van der Waals surface area contributed by atoms with E-state index >= 15 is 0 Å². The van der Waals surface area contributed by atoms with E-state index in [2.05, 4.69) is 15.1 Å². The topological polar surface area (TPSA) is 61.6 Å². The molecule has 0 aromatic rings. The van der Waals surface area contributed by atoms with Gasteiger partial charge in [0.25, 0.3) is 0 Å². The van der Waals surface area contributed by atoms with Gasteiger partial charge in [0.2, 0.25) is 5.91 Å². The molecule has 0 radical (unpaired) electrons. The molecule has 118 valence electrons. The van der Waals surface area contributed by atoms with E-state index in [1.807, 2.05) is 0 Å². The molecule has 1 heterocycles. The number of piperazine rings is 1. The Morgan fingerprint density at radius 1 is 1.05 bits per heavy atom. The molecular formula is C16H28N4O. The van der Waals surface area contributed by atoms with Crippen molar-refractivity contribution >= 4 is 5.91 Å². The largest absolute Gasteiger partial charge is 0.368 e. The van der Waals surface area contributed by atoms with E-state index in [1.54, 1.807) is 0 Å². The number of hydrogen-bond acceptors (Lipinski definition) is 4. The average molecular weight is 292 g/mol. The van der Waals surface area contributed by atoms with Crippen LogP contribution in [0.25, 0.3) is 0 Å². The first-order valence-electron chi connectivity index (χ1n) is 8.71. The predicted molar refractivity (Wildman–Crippen MR) is 81.8 cm³/mol. The maximum atomic E-state index is 12.2. The smallest absolute Gasteiger partial charge is 0.239 e. The zero-order valence-corrected chi connectivity index (χ0v) is 12.9. The summed E-state index contributed by atoms with van der Waals surface area (Å²) < 4.78 is 0. The van der Waals surface area contributed by atoms with Crippen molar-refractivity contribution in [3.8, 4) is 0 Å². The van der Waals surface area contributed by atoms with Crippen molar-refractivity contribution in [3.05, 3.63) is 0 Å². The lowest BCUT2D eigenvalue weighted by atomic mass is 9.90. The summed E-state index contributed by atoms with van der Waals surface area (Å²) in [7, 11) is 0. The Kier molecular flexibility index (Phi) is 3.47. The lowest BCUT2D eigenvalue weighted by molar-refractivity contribution is -0.126. The average Bonchev–Trinajstić information content (AvgIpc) is 3.31. The van der Waals surface area contributed by atoms with E-state index in [4.69, 9.17) is 5.73 Å². The van der Waals surface area contributed by atoms with Crippen LogP contribution in [0.15, 0.2) is 0 Å². The third-order valence-corrected chi connectivity index (χ3v) is 5.70. The van der Waals surface area contributed by atoms with Crippen LogP contribution >= 0.6 is 0 Å². The minimum atomic E-state index is -0.455. The molecule has 4 aliphatic rings. The molecule has 5 heteroatoms. The molecule has 1 amide bonds. The van der Waals surface area contributed by atoms with E-state index < -0.39 is 5.54 Å². The minimum absolute atomic E-state index is 0.124. The fourth-order valence-electron chi connectivity index (χ4n) is 3.89. The Hall–Kier alpha value is -0.650. The van der Waals surface area contributed by atoms with Gasteiger partial charge in [0.05, 0.1) is 0 Å². The second-order valence-corrected chi connectivity index (χ2v) is 7.57. The number of hydrogen-bond donors (Lipinski definition) is 2. The lowest BCUT2D eigenvalue weighted by Crippen LogP contribution is -2.65. The van der Waals surface area contributed by atoms with Gasteiger partial charge in [0.15, 0.2) is 0 Å². The summed E-state index contributed by atoms with van der Waals surface area (Å²) in [5.41, 5.74) is 5.40. The van der Waals surface area contributed by atoms with Crippen molar-refractivity contribution in [2.24, 2.45) is 11.7 Å². The molecule has 3 N–H and O–H groups in total. The molecule has 0 bridgehead atoms. The van der Waals surface area contributed by atoms with Crippen LogP contribution < -0.4 is 11.1 Å². The molecule has 1 aliphatic heterocycles. The molecule has 1 saturated heterocycles. The molecule has 0 spiro atoms. The number of nitrogens with two attached hydrogens (primary N) is 1. The number of nitrogens with one attached hydrogen (secondary N) is 1. The highest BCUT2D eigenvalue weighted by Crippen LogP contribution is 2.42. The summed E-state index contributed by atoms with van der Waals surface area (Å²) in [5.74, 6) is 0.346. The fraction of sp³-hybridized carbons (Fsp3) is 0.938. The Labute approximate surface area is 127 Å². The van der Waals surface area contributed by atoms with Gasteiger partial charge in [-0.25, -0.2) is 0 Å². The van der Waals surface area contributed by atoms with Crippen LogP contribution in [0, 0.1) is 5.92 Å². The van der Waals surface area contributed by atoms with E-state index in [0.717, 1.165) is 51.6 Å². The first-order chi connectivity index (χ1) is 10.2. The molecule has 0 aromatic heterocycles. The van der Waals surface area contributed by atoms with Crippen LogP contribution in [-0.2, 0) is 4.79 Å². The van der Waals surface area contributed by atoms with Crippen molar-refractivity contribution < 1.29 is 4.79 Å². The summed E-state index contributed by atoms with van der Waals surface area (Å²) in [6.07, 6.45) is 7.50. The Bertz CT molecular complexity index is 409. The summed E-state index contributed by atoms with van der Waals surface area (Å²) in [5, 5.41) is 3.63. The molecule has 21 heavy (non-hydrogen) atoms. The standard InChI is InChI=1S/C16H28N4O/c17-15(21)16(12-1-2-12,18-13-3-4-13)11-19-7-9-20(10-8-19)14-5-6-14/h12-14,18H,1-11H2,(H2,17,21). The molecule has 0 aromatic carbocycles. The van der Waals surface area contributed by atoms with Crippen molar-refractivity contribution in [3.63, 3.8) is 0 Å². The van der Waals surface area contributed by atoms with Gasteiger partial charge in [-0.2, -0.15) is 0 Å². The number of amides is 1. The molecule has 3 aliphatic carbocycles. The number of carbonyl (C=O) groups excluding carboxylic acids is 1. The Morgan fingerprint density at radius 3 is 2.19 bits per heavy atom. The molecule has 3 saturated carbocycles. The minimum Gasteiger partial charge on any atom is -0.368 e. The molecule has 4 fully saturated rings. The first kappa shape index (κ1) is 14.0. The lowest BCUT2D eigenvalue weighted by Gasteiger charge is -2.41. The SMILES string of the molecule is NC(=O)C(CN1CCN(C2CC2)CC1)(NC1CC1)C1CC1. The zero-order chi connectivity index (χ0) is 14.4. The monoisotopic (exact) mass is 292 g/mol. The Morgan fingerprint density at radius 2 is 1.71 bits per heavy atom. The summed E-state index contributed by atoms with van der Waals surface area (Å²) >= 11 is 0. The number of primary amides is 1. The summed E-state index contributed by atoms with van der Waals surface area (Å²) in [4.78, 5) is 17.3. The van der Waals surface area contributed by atoms with Gasteiger partial charge in [-0.3, -0.25) is 19.9 Å². The number of rotatable bonds is 7.